The fraction of sp³-hybridized carbons (Fsp3) is 0.133. The maximum Gasteiger partial charge on any atom is 0.0696 e. The number of allylic oxidation sites excluding steroid dienone is 2. The highest BCUT2D eigenvalue weighted by molar-refractivity contribution is 6.09. The van der Waals surface area contributed by atoms with Gasteiger partial charge in [-0.25, -0.2) is 0 Å². The summed E-state index contributed by atoms with van der Waals surface area (Å²) in [4.78, 5) is 4.33. The predicted octanol–water partition coefficient (Wildman–Crippen LogP) is 4.15. The van der Waals surface area contributed by atoms with E-state index in [1.54, 1.807) is 12.3 Å². The van der Waals surface area contributed by atoms with Gasteiger partial charge in [0.15, 0.2) is 0 Å². The van der Waals surface area contributed by atoms with Crippen molar-refractivity contribution in [2.75, 3.05) is 0 Å². The van der Waals surface area contributed by atoms with Crippen molar-refractivity contribution in [3.63, 3.8) is 0 Å². The van der Waals surface area contributed by atoms with Crippen LogP contribution in [-0.2, 0) is 0 Å². The topological polar surface area (TPSA) is 12.4 Å². The molecule has 82 valence electrons. The highest BCUT2D eigenvalue weighted by Crippen LogP contribution is 2.12. The second-order valence-electron chi connectivity index (χ2n) is 3.54. The lowest BCUT2D eigenvalue weighted by atomic mass is 10.0. The molecule has 16 heavy (non-hydrogen) atoms. The number of hydrogen-bond acceptors (Lipinski definition) is 1. The first kappa shape index (κ1) is 12.2. The van der Waals surface area contributed by atoms with E-state index >= 15 is 0 Å². The molecule has 0 aliphatic rings. The van der Waals surface area contributed by atoms with Crippen LogP contribution >= 0.6 is 0 Å². The highest BCUT2D eigenvalue weighted by atomic mass is 14.7. The number of hydrogen-bond donors (Lipinski definition) is 0. The van der Waals surface area contributed by atoms with Gasteiger partial charge in [0.1, 0.15) is 0 Å². The minimum atomic E-state index is 0.880. The summed E-state index contributed by atoms with van der Waals surface area (Å²) in [5.41, 5.74) is 4.25. The third kappa shape index (κ3) is 3.06. The second kappa shape index (κ2) is 5.86. The second-order valence-corrected chi connectivity index (χ2v) is 3.54. The van der Waals surface area contributed by atoms with Gasteiger partial charge in [0.25, 0.3) is 0 Å². The Morgan fingerprint density at radius 2 is 2.00 bits per heavy atom. The maximum absolute atomic E-state index is 4.33. The van der Waals surface area contributed by atoms with E-state index in [0.29, 0.717) is 0 Å². The molecule has 0 aliphatic heterocycles. The molecule has 0 heterocycles. The SMILES string of the molecule is C=CC(=N/C=C\C)c1cc(C)cc(C=C)c1. The van der Waals surface area contributed by atoms with E-state index in [2.05, 4.69) is 43.3 Å². The van der Waals surface area contributed by atoms with Crippen LogP contribution in [0, 0.1) is 6.92 Å². The van der Waals surface area contributed by atoms with Crippen LogP contribution in [0.2, 0.25) is 0 Å². The average molecular weight is 211 g/mol. The molecule has 1 rings (SSSR count). The molecule has 1 heteroatoms. The minimum Gasteiger partial charge on any atom is -0.257 e. The lowest BCUT2D eigenvalue weighted by molar-refractivity contribution is 1.43. The van der Waals surface area contributed by atoms with E-state index in [4.69, 9.17) is 0 Å². The van der Waals surface area contributed by atoms with Gasteiger partial charge >= 0.3 is 0 Å². The number of aliphatic imine (C=N–C) groups is 1. The zero-order chi connectivity index (χ0) is 12.0. The number of benzene rings is 1. The maximum atomic E-state index is 4.33. The van der Waals surface area contributed by atoms with Crippen molar-refractivity contribution >= 4 is 11.8 Å². The number of rotatable bonds is 4. The van der Waals surface area contributed by atoms with Crippen LogP contribution in [0.25, 0.3) is 6.08 Å². The van der Waals surface area contributed by atoms with Gasteiger partial charge in [0.2, 0.25) is 0 Å². The summed E-state index contributed by atoms with van der Waals surface area (Å²) in [5.74, 6) is 0. The van der Waals surface area contributed by atoms with Crippen molar-refractivity contribution in [1.82, 2.24) is 0 Å². The van der Waals surface area contributed by atoms with Crippen LogP contribution in [0.5, 0.6) is 0 Å². The summed E-state index contributed by atoms with van der Waals surface area (Å²) in [5, 5.41) is 0. The average Bonchev–Trinajstić information content (AvgIpc) is 2.29. The van der Waals surface area contributed by atoms with Crippen LogP contribution in [0.4, 0.5) is 0 Å². The van der Waals surface area contributed by atoms with Crippen molar-refractivity contribution in [2.45, 2.75) is 13.8 Å². The van der Waals surface area contributed by atoms with Crippen LogP contribution in [0.3, 0.4) is 0 Å². The number of nitrogens with zero attached hydrogens (tertiary/aromatic N) is 1. The van der Waals surface area contributed by atoms with Gasteiger partial charge in [-0.05, 0) is 43.2 Å². The summed E-state index contributed by atoms with van der Waals surface area (Å²) in [6.45, 7) is 11.6. The van der Waals surface area contributed by atoms with Gasteiger partial charge in [-0.1, -0.05) is 31.4 Å². The van der Waals surface area contributed by atoms with Gasteiger partial charge in [0, 0.05) is 11.8 Å². The molecular weight excluding hydrogens is 194 g/mol. The van der Waals surface area contributed by atoms with E-state index in [1.807, 2.05) is 19.1 Å². The molecule has 0 bridgehead atoms. The Morgan fingerprint density at radius 1 is 1.25 bits per heavy atom. The Labute approximate surface area is 97.5 Å². The molecule has 0 atom stereocenters. The molecule has 0 aromatic heterocycles. The first-order valence-electron chi connectivity index (χ1n) is 5.27. The Hall–Kier alpha value is -1.89. The van der Waals surface area contributed by atoms with Crippen LogP contribution in [0.1, 0.15) is 23.6 Å². The van der Waals surface area contributed by atoms with Crippen molar-refractivity contribution in [3.05, 3.63) is 66.4 Å². The molecule has 0 radical (unpaired) electrons. The van der Waals surface area contributed by atoms with Crippen LogP contribution < -0.4 is 0 Å². The standard InChI is InChI=1S/C15H17N/c1-5-8-16-15(7-3)14-10-12(4)9-13(6-2)11-14/h5-11H,2-3H2,1,4H3/b8-5-,16-15?. The largest absolute Gasteiger partial charge is 0.257 e. The summed E-state index contributed by atoms with van der Waals surface area (Å²) >= 11 is 0. The molecule has 0 saturated heterocycles. The van der Waals surface area contributed by atoms with Crippen molar-refractivity contribution in [2.24, 2.45) is 4.99 Å². The van der Waals surface area contributed by atoms with Gasteiger partial charge in [0.05, 0.1) is 5.71 Å². The predicted molar refractivity (Wildman–Crippen MR) is 72.8 cm³/mol. The third-order valence-corrected chi connectivity index (χ3v) is 2.19. The molecule has 0 aliphatic carbocycles. The first-order valence-corrected chi connectivity index (χ1v) is 5.27. The Kier molecular flexibility index (Phi) is 4.46. The first-order chi connectivity index (χ1) is 7.71. The molecule has 1 aromatic rings. The molecule has 1 aromatic carbocycles. The lowest BCUT2D eigenvalue weighted by Crippen LogP contribution is -1.97. The molecule has 0 N–H and O–H groups in total. The lowest BCUT2D eigenvalue weighted by Gasteiger charge is -2.04. The van der Waals surface area contributed by atoms with Gasteiger partial charge in [-0.15, -0.1) is 0 Å². The zero-order valence-corrected chi connectivity index (χ0v) is 9.90. The van der Waals surface area contributed by atoms with Crippen LogP contribution in [-0.4, -0.2) is 5.71 Å². The Bertz CT molecular complexity index is 451. The summed E-state index contributed by atoms with van der Waals surface area (Å²) in [6.07, 6.45) is 7.27. The van der Waals surface area contributed by atoms with Crippen molar-refractivity contribution in [1.29, 1.82) is 0 Å². The smallest absolute Gasteiger partial charge is 0.0696 e. The van der Waals surface area contributed by atoms with Gasteiger partial charge in [-0.2, -0.15) is 0 Å². The Balaban J connectivity index is 3.24. The molecule has 0 unspecified atom stereocenters. The normalized spacial score (nSPS) is 11.8. The van der Waals surface area contributed by atoms with Crippen molar-refractivity contribution in [3.8, 4) is 0 Å². The summed E-state index contributed by atoms with van der Waals surface area (Å²) in [7, 11) is 0. The third-order valence-electron chi connectivity index (χ3n) is 2.19. The molecule has 0 amide bonds. The highest BCUT2D eigenvalue weighted by Gasteiger charge is 2.00. The number of aryl methyl sites for hydroxylation is 1. The fourth-order valence-corrected chi connectivity index (χ4v) is 1.48. The molecule has 0 spiro atoms. The van der Waals surface area contributed by atoms with Gasteiger partial charge in [-0.3, -0.25) is 4.99 Å². The van der Waals surface area contributed by atoms with Crippen LogP contribution in [0.15, 0.2) is 54.7 Å². The monoisotopic (exact) mass is 211 g/mol. The van der Waals surface area contributed by atoms with E-state index in [0.717, 1.165) is 16.8 Å². The van der Waals surface area contributed by atoms with E-state index in [-0.39, 0.29) is 0 Å². The minimum absolute atomic E-state index is 0.880. The van der Waals surface area contributed by atoms with E-state index in [1.165, 1.54) is 5.56 Å². The van der Waals surface area contributed by atoms with E-state index in [9.17, 15) is 0 Å². The fourth-order valence-electron chi connectivity index (χ4n) is 1.48. The molecule has 0 saturated carbocycles. The quantitative estimate of drug-likeness (QED) is 0.663. The zero-order valence-electron chi connectivity index (χ0n) is 9.90. The Morgan fingerprint density at radius 3 is 2.56 bits per heavy atom. The molecule has 1 nitrogen and oxygen atoms in total. The van der Waals surface area contributed by atoms with Crippen molar-refractivity contribution < 1.29 is 0 Å². The summed E-state index contributed by atoms with van der Waals surface area (Å²) in [6, 6.07) is 6.24. The van der Waals surface area contributed by atoms with E-state index < -0.39 is 0 Å². The molecule has 0 fully saturated rings. The molecular formula is C15H17N. The van der Waals surface area contributed by atoms with Gasteiger partial charge < -0.3 is 0 Å². The summed E-state index contributed by atoms with van der Waals surface area (Å²) < 4.78 is 0.